The zero-order valence-electron chi connectivity index (χ0n) is 13.4. The molecule has 22 heavy (non-hydrogen) atoms. The van der Waals surface area contributed by atoms with Crippen LogP contribution in [-0.2, 0) is 14.3 Å². The first-order valence-electron chi connectivity index (χ1n) is 8.13. The van der Waals surface area contributed by atoms with Crippen molar-refractivity contribution in [3.8, 4) is 0 Å². The minimum absolute atomic E-state index is 0.0236. The molecule has 0 atom stereocenters. The van der Waals surface area contributed by atoms with Gasteiger partial charge in [-0.05, 0) is 30.4 Å². The Hall–Kier alpha value is -1.84. The van der Waals surface area contributed by atoms with E-state index >= 15 is 0 Å². The molecule has 0 spiro atoms. The summed E-state index contributed by atoms with van der Waals surface area (Å²) in [5.41, 5.74) is 1.87. The van der Waals surface area contributed by atoms with E-state index in [9.17, 15) is 9.59 Å². The molecule has 0 aromatic heterocycles. The van der Waals surface area contributed by atoms with Crippen LogP contribution in [-0.4, -0.2) is 18.5 Å². The molecule has 0 unspecified atom stereocenters. The number of amides is 1. The van der Waals surface area contributed by atoms with Crippen LogP contribution in [0.15, 0.2) is 24.3 Å². The highest BCUT2D eigenvalue weighted by Gasteiger charge is 2.23. The van der Waals surface area contributed by atoms with Gasteiger partial charge in [0.05, 0.1) is 5.92 Å². The maximum absolute atomic E-state index is 12.0. The van der Waals surface area contributed by atoms with Crippen LogP contribution in [0.2, 0.25) is 0 Å². The van der Waals surface area contributed by atoms with Crippen LogP contribution in [0.5, 0.6) is 0 Å². The van der Waals surface area contributed by atoms with Gasteiger partial charge in [-0.25, -0.2) is 0 Å². The average Bonchev–Trinajstić information content (AvgIpc) is 2.53. The van der Waals surface area contributed by atoms with E-state index in [1.165, 1.54) is 6.42 Å². The molecule has 1 aromatic carbocycles. The second kappa shape index (κ2) is 7.97. The Kier molecular flexibility index (Phi) is 5.99. The van der Waals surface area contributed by atoms with Crippen molar-refractivity contribution in [3.63, 3.8) is 0 Å². The predicted octanol–water partition coefficient (Wildman–Crippen LogP) is 3.87. The van der Waals surface area contributed by atoms with Crippen molar-refractivity contribution in [2.75, 3.05) is 11.9 Å². The number of rotatable bonds is 5. The van der Waals surface area contributed by atoms with Gasteiger partial charge in [0.25, 0.3) is 5.91 Å². The molecule has 0 bridgehead atoms. The highest BCUT2D eigenvalue weighted by atomic mass is 16.5. The summed E-state index contributed by atoms with van der Waals surface area (Å²) in [5.74, 6) is -0.213. The topological polar surface area (TPSA) is 55.4 Å². The van der Waals surface area contributed by atoms with Crippen molar-refractivity contribution in [3.05, 3.63) is 29.8 Å². The number of carbonyl (C=O) groups is 2. The average molecular weight is 303 g/mol. The molecule has 1 saturated carbocycles. The number of hydrogen-bond donors (Lipinski definition) is 1. The summed E-state index contributed by atoms with van der Waals surface area (Å²) in [7, 11) is 0. The Morgan fingerprint density at radius 2 is 1.86 bits per heavy atom. The third-order valence-electron chi connectivity index (χ3n) is 4.14. The van der Waals surface area contributed by atoms with Crippen molar-refractivity contribution in [2.24, 2.45) is 5.92 Å². The van der Waals surface area contributed by atoms with E-state index in [0.29, 0.717) is 5.92 Å². The van der Waals surface area contributed by atoms with Gasteiger partial charge in [0.1, 0.15) is 0 Å². The lowest BCUT2D eigenvalue weighted by atomic mass is 9.89. The van der Waals surface area contributed by atoms with Crippen molar-refractivity contribution in [1.29, 1.82) is 0 Å². The second-order valence-electron chi connectivity index (χ2n) is 6.23. The third kappa shape index (κ3) is 4.58. The van der Waals surface area contributed by atoms with Gasteiger partial charge in [0.15, 0.2) is 6.61 Å². The molecule has 1 fully saturated rings. The highest BCUT2D eigenvalue weighted by Crippen LogP contribution is 2.25. The molecule has 1 amide bonds. The van der Waals surface area contributed by atoms with Gasteiger partial charge in [0, 0.05) is 5.69 Å². The summed E-state index contributed by atoms with van der Waals surface area (Å²) in [6, 6.07) is 7.70. The summed E-state index contributed by atoms with van der Waals surface area (Å²) < 4.78 is 5.16. The zero-order valence-corrected chi connectivity index (χ0v) is 13.4. The number of benzene rings is 1. The molecule has 1 aliphatic carbocycles. The van der Waals surface area contributed by atoms with E-state index in [4.69, 9.17) is 4.74 Å². The summed E-state index contributed by atoms with van der Waals surface area (Å²) in [6.07, 6.45) is 5.12. The lowest BCUT2D eigenvalue weighted by Gasteiger charge is -2.20. The standard InChI is InChI=1S/C18H25NO3/c1-13(2)15-10-6-7-11-16(15)19-17(20)12-22-18(21)14-8-4-3-5-9-14/h6-7,10-11,13-14H,3-5,8-9,12H2,1-2H3,(H,19,20). The molecule has 4 heteroatoms. The molecular weight excluding hydrogens is 278 g/mol. The SMILES string of the molecule is CC(C)c1ccccc1NC(=O)COC(=O)C1CCCCC1. The van der Waals surface area contributed by atoms with Crippen LogP contribution >= 0.6 is 0 Å². The van der Waals surface area contributed by atoms with Crippen LogP contribution < -0.4 is 5.32 Å². The second-order valence-corrected chi connectivity index (χ2v) is 6.23. The van der Waals surface area contributed by atoms with E-state index in [0.717, 1.165) is 36.9 Å². The molecule has 0 radical (unpaired) electrons. The fourth-order valence-electron chi connectivity index (χ4n) is 2.89. The first-order chi connectivity index (χ1) is 10.6. The van der Waals surface area contributed by atoms with Gasteiger partial charge >= 0.3 is 5.97 Å². The lowest BCUT2D eigenvalue weighted by molar-refractivity contribution is -0.152. The normalized spacial score (nSPS) is 15.6. The minimum atomic E-state index is -0.280. The van der Waals surface area contributed by atoms with Crippen LogP contribution in [0.4, 0.5) is 5.69 Å². The molecule has 4 nitrogen and oxygen atoms in total. The van der Waals surface area contributed by atoms with Crippen LogP contribution in [0, 0.1) is 5.92 Å². The van der Waals surface area contributed by atoms with Crippen molar-refractivity contribution in [1.82, 2.24) is 0 Å². The van der Waals surface area contributed by atoms with E-state index < -0.39 is 0 Å². The maximum atomic E-state index is 12.0. The monoisotopic (exact) mass is 303 g/mol. The molecule has 0 heterocycles. The molecule has 1 aromatic rings. The smallest absolute Gasteiger partial charge is 0.309 e. The Bertz CT molecular complexity index is 519. The first-order valence-corrected chi connectivity index (χ1v) is 8.13. The van der Waals surface area contributed by atoms with Gasteiger partial charge in [-0.1, -0.05) is 51.3 Å². The molecule has 1 aliphatic rings. The van der Waals surface area contributed by atoms with Crippen LogP contribution in [0.25, 0.3) is 0 Å². The minimum Gasteiger partial charge on any atom is -0.455 e. The number of esters is 1. The van der Waals surface area contributed by atoms with Gasteiger partial charge in [-0.3, -0.25) is 9.59 Å². The Labute approximate surface area is 132 Å². The van der Waals surface area contributed by atoms with Gasteiger partial charge < -0.3 is 10.1 Å². The largest absolute Gasteiger partial charge is 0.455 e. The molecule has 0 saturated heterocycles. The third-order valence-corrected chi connectivity index (χ3v) is 4.14. The summed E-state index contributed by atoms with van der Waals surface area (Å²) in [4.78, 5) is 23.9. The van der Waals surface area contributed by atoms with E-state index in [2.05, 4.69) is 19.2 Å². The lowest BCUT2D eigenvalue weighted by Crippen LogP contribution is -2.26. The number of ether oxygens (including phenoxy) is 1. The number of carbonyl (C=O) groups excluding carboxylic acids is 2. The van der Waals surface area contributed by atoms with Gasteiger partial charge in [0.2, 0.25) is 0 Å². The van der Waals surface area contributed by atoms with E-state index in [-0.39, 0.29) is 24.4 Å². The predicted molar refractivity (Wildman–Crippen MR) is 86.7 cm³/mol. The molecular formula is C18H25NO3. The highest BCUT2D eigenvalue weighted by molar-refractivity contribution is 5.93. The van der Waals surface area contributed by atoms with Crippen molar-refractivity contribution in [2.45, 2.75) is 51.9 Å². The quantitative estimate of drug-likeness (QED) is 0.840. The van der Waals surface area contributed by atoms with Gasteiger partial charge in [-0.2, -0.15) is 0 Å². The Morgan fingerprint density at radius 1 is 1.18 bits per heavy atom. The number of hydrogen-bond acceptors (Lipinski definition) is 3. The zero-order chi connectivity index (χ0) is 15.9. The van der Waals surface area contributed by atoms with Crippen molar-refractivity contribution >= 4 is 17.6 Å². The van der Waals surface area contributed by atoms with E-state index in [1.54, 1.807) is 0 Å². The molecule has 120 valence electrons. The fourth-order valence-corrected chi connectivity index (χ4v) is 2.89. The van der Waals surface area contributed by atoms with Crippen LogP contribution in [0.3, 0.4) is 0 Å². The maximum Gasteiger partial charge on any atom is 0.309 e. The van der Waals surface area contributed by atoms with Crippen molar-refractivity contribution < 1.29 is 14.3 Å². The number of para-hydroxylation sites is 1. The number of anilines is 1. The molecule has 0 aliphatic heterocycles. The fraction of sp³-hybridized carbons (Fsp3) is 0.556. The summed E-state index contributed by atoms with van der Waals surface area (Å²) in [6.45, 7) is 3.95. The van der Waals surface area contributed by atoms with Crippen LogP contribution in [0.1, 0.15) is 57.4 Å². The first kappa shape index (κ1) is 16.5. The molecule has 1 N–H and O–H groups in total. The number of nitrogens with one attached hydrogen (secondary N) is 1. The molecule has 2 rings (SSSR count). The van der Waals surface area contributed by atoms with Gasteiger partial charge in [-0.15, -0.1) is 0 Å². The Balaban J connectivity index is 1.84. The summed E-state index contributed by atoms with van der Waals surface area (Å²) in [5, 5.41) is 2.83. The summed E-state index contributed by atoms with van der Waals surface area (Å²) >= 11 is 0. The Morgan fingerprint density at radius 3 is 2.55 bits per heavy atom. The van der Waals surface area contributed by atoms with E-state index in [1.807, 2.05) is 24.3 Å².